The first-order valence-corrected chi connectivity index (χ1v) is 9.93. The highest BCUT2D eigenvalue weighted by Crippen LogP contribution is 2.29. The zero-order valence-electron chi connectivity index (χ0n) is 18.6. The molecule has 0 radical (unpaired) electrons. The summed E-state index contributed by atoms with van der Waals surface area (Å²) in [7, 11) is -1.46. The molecule has 3 atom stereocenters. The first kappa shape index (κ1) is 26.4. The van der Waals surface area contributed by atoms with Gasteiger partial charge in [-0.15, -0.1) is 24.8 Å². The minimum absolute atomic E-state index is 0. The summed E-state index contributed by atoms with van der Waals surface area (Å²) < 4.78 is 9.47. The standard InChI is InChI=1S/C20H29BN4O5.2ClH/c1-24-11-14(15-4-2-3-5-17(15)24)8-16(22)18(26)25-10-13(6-7-21(29)30)9-20(23,12-25)19(27)28;;/h2-5,11,13,16,29-30H,6-10,12,22-23H2,1H3,(H,27,28);2*1H/t13-,16?,20+;;/m0../s1/i1D;;. The molecule has 32 heavy (non-hydrogen) atoms. The van der Waals surface area contributed by atoms with E-state index in [1.165, 1.54) is 4.90 Å². The topological polar surface area (TPSA) is 155 Å². The molecule has 3 rings (SSSR count). The summed E-state index contributed by atoms with van der Waals surface area (Å²) in [5.41, 5.74) is 12.5. The molecule has 1 aromatic carbocycles. The summed E-state index contributed by atoms with van der Waals surface area (Å²) >= 11 is 0. The van der Waals surface area contributed by atoms with Gasteiger partial charge in [0.05, 0.1) is 6.04 Å². The number of hydrogen-bond acceptors (Lipinski definition) is 6. The van der Waals surface area contributed by atoms with Crippen LogP contribution in [-0.2, 0) is 23.0 Å². The number of aliphatic carboxylic acids is 1. The predicted octanol–water partition coefficient (Wildman–Crippen LogP) is 0.385. The van der Waals surface area contributed by atoms with Crippen molar-refractivity contribution >= 4 is 54.7 Å². The molecule has 1 unspecified atom stereocenters. The summed E-state index contributed by atoms with van der Waals surface area (Å²) in [6.07, 6.45) is 2.61. The maximum absolute atomic E-state index is 13.1. The molecular formula is C20H31BCl2N4O5. The third-order valence-corrected chi connectivity index (χ3v) is 5.80. The molecule has 1 saturated heterocycles. The van der Waals surface area contributed by atoms with E-state index in [0.717, 1.165) is 16.5 Å². The van der Waals surface area contributed by atoms with Crippen LogP contribution in [0.5, 0.6) is 0 Å². The molecule has 7 N–H and O–H groups in total. The Morgan fingerprint density at radius 2 is 2.03 bits per heavy atom. The van der Waals surface area contributed by atoms with Gasteiger partial charge in [-0.05, 0) is 36.7 Å². The van der Waals surface area contributed by atoms with Gasteiger partial charge in [0, 0.05) is 38.6 Å². The second-order valence-electron chi connectivity index (χ2n) is 8.26. The number of carboxylic acid groups (broad SMARTS) is 1. The number of benzene rings is 1. The third-order valence-electron chi connectivity index (χ3n) is 5.80. The highest BCUT2D eigenvalue weighted by atomic mass is 35.5. The van der Waals surface area contributed by atoms with Crippen molar-refractivity contribution in [2.45, 2.75) is 37.2 Å². The van der Waals surface area contributed by atoms with Crippen molar-refractivity contribution in [3.63, 3.8) is 0 Å². The molecule has 0 aliphatic carbocycles. The van der Waals surface area contributed by atoms with Crippen LogP contribution in [0.25, 0.3) is 10.9 Å². The molecule has 1 aliphatic rings. The van der Waals surface area contributed by atoms with Gasteiger partial charge in [0.15, 0.2) is 0 Å². The molecule has 0 bridgehead atoms. The Labute approximate surface area is 201 Å². The van der Waals surface area contributed by atoms with Crippen molar-refractivity contribution in [3.8, 4) is 0 Å². The average Bonchev–Trinajstić information content (AvgIpc) is 3.09. The van der Waals surface area contributed by atoms with Gasteiger partial charge in [-0.2, -0.15) is 0 Å². The Hall–Kier alpha value is -1.82. The number of carboxylic acids is 1. The third kappa shape index (κ3) is 6.15. The lowest BCUT2D eigenvalue weighted by Gasteiger charge is -2.42. The first-order chi connectivity index (χ1) is 14.6. The van der Waals surface area contributed by atoms with Crippen LogP contribution in [0.4, 0.5) is 0 Å². The fraction of sp³-hybridized carbons (Fsp3) is 0.500. The number of fused-ring (bicyclic) bond motifs is 1. The number of likely N-dealkylation sites (tertiary alicyclic amines) is 1. The molecule has 178 valence electrons. The normalized spacial score (nSPS) is 21.8. The number of hydrogen-bond donors (Lipinski definition) is 5. The highest BCUT2D eigenvalue weighted by Gasteiger charge is 2.44. The van der Waals surface area contributed by atoms with Crippen LogP contribution >= 0.6 is 24.8 Å². The Kier molecular flexibility index (Phi) is 9.38. The highest BCUT2D eigenvalue weighted by molar-refractivity contribution is 6.40. The van der Waals surface area contributed by atoms with Crippen LogP contribution in [0.1, 0.15) is 19.8 Å². The van der Waals surface area contributed by atoms with Gasteiger partial charge in [-0.3, -0.25) is 9.59 Å². The lowest BCUT2D eigenvalue weighted by Crippen LogP contribution is -2.64. The largest absolute Gasteiger partial charge is 0.480 e. The molecule has 9 nitrogen and oxygen atoms in total. The van der Waals surface area contributed by atoms with Crippen LogP contribution in [-0.4, -0.2) is 68.3 Å². The summed E-state index contributed by atoms with van der Waals surface area (Å²) in [5.74, 6) is -1.88. The van der Waals surface area contributed by atoms with Crippen LogP contribution in [0.2, 0.25) is 6.32 Å². The fourth-order valence-corrected chi connectivity index (χ4v) is 4.31. The van der Waals surface area contributed by atoms with Crippen LogP contribution in [0.15, 0.2) is 30.5 Å². The zero-order chi connectivity index (χ0) is 22.8. The maximum Gasteiger partial charge on any atom is 0.451 e. The fourth-order valence-electron chi connectivity index (χ4n) is 4.31. The summed E-state index contributed by atoms with van der Waals surface area (Å²) in [4.78, 5) is 26.3. The molecule has 0 saturated carbocycles. The van der Waals surface area contributed by atoms with E-state index in [1.54, 1.807) is 4.57 Å². The van der Waals surface area contributed by atoms with Crippen LogP contribution < -0.4 is 11.5 Å². The van der Waals surface area contributed by atoms with E-state index in [4.69, 9.17) is 22.9 Å². The predicted molar refractivity (Wildman–Crippen MR) is 128 cm³/mol. The van der Waals surface area contributed by atoms with Crippen molar-refractivity contribution in [1.82, 2.24) is 9.47 Å². The number of aryl methyl sites for hydroxylation is 1. The number of para-hydroxylation sites is 1. The molecule has 1 aliphatic heterocycles. The average molecular weight is 490 g/mol. The van der Waals surface area contributed by atoms with Crippen molar-refractivity contribution in [2.75, 3.05) is 13.1 Å². The van der Waals surface area contributed by atoms with E-state index in [0.29, 0.717) is 6.42 Å². The van der Waals surface area contributed by atoms with Gasteiger partial charge in [-0.25, -0.2) is 0 Å². The van der Waals surface area contributed by atoms with Gasteiger partial charge >= 0.3 is 13.1 Å². The van der Waals surface area contributed by atoms with Crippen LogP contribution in [0, 0.1) is 5.92 Å². The molecule has 2 heterocycles. The minimum atomic E-state index is -1.61. The number of carbonyl (C=O) groups excluding carboxylic acids is 1. The number of piperidine rings is 1. The number of nitrogens with two attached hydrogens (primary N) is 2. The van der Waals surface area contributed by atoms with E-state index in [1.807, 2.05) is 30.5 Å². The Bertz CT molecular complexity index is 966. The molecular weight excluding hydrogens is 458 g/mol. The minimum Gasteiger partial charge on any atom is -0.480 e. The Balaban J connectivity index is 0.00000272. The number of amides is 1. The van der Waals surface area contributed by atoms with E-state index in [2.05, 4.69) is 0 Å². The number of aromatic nitrogens is 1. The lowest BCUT2D eigenvalue weighted by molar-refractivity contribution is -0.149. The smallest absolute Gasteiger partial charge is 0.451 e. The molecule has 1 amide bonds. The Morgan fingerprint density at radius 3 is 2.66 bits per heavy atom. The van der Waals surface area contributed by atoms with E-state index in [9.17, 15) is 14.7 Å². The van der Waals surface area contributed by atoms with E-state index >= 15 is 0 Å². The van der Waals surface area contributed by atoms with Gasteiger partial charge in [0.1, 0.15) is 5.54 Å². The van der Waals surface area contributed by atoms with E-state index in [-0.39, 0.29) is 70.0 Å². The quantitative estimate of drug-likeness (QED) is 0.352. The van der Waals surface area contributed by atoms with Gasteiger partial charge in [0.2, 0.25) is 5.91 Å². The van der Waals surface area contributed by atoms with E-state index < -0.39 is 30.6 Å². The molecule has 0 spiro atoms. The van der Waals surface area contributed by atoms with Crippen molar-refractivity contribution < 1.29 is 26.1 Å². The number of carbonyl (C=O) groups is 2. The van der Waals surface area contributed by atoms with Gasteiger partial charge in [-0.1, -0.05) is 24.6 Å². The molecule has 12 heteroatoms. The van der Waals surface area contributed by atoms with Crippen molar-refractivity contribution in [3.05, 3.63) is 36.0 Å². The van der Waals surface area contributed by atoms with Crippen molar-refractivity contribution in [1.29, 1.82) is 0 Å². The summed E-state index contributed by atoms with van der Waals surface area (Å²) in [5, 5.41) is 28.8. The second kappa shape index (κ2) is 11.4. The SMILES string of the molecule is Cl.Cl.[2H]Cn1cc(CC(N)C(=O)N2C[C@@H](CCB(O)O)C[C@](N)(C(=O)O)C2)c2ccccc21. The first-order valence-electron chi connectivity index (χ1n) is 10.6. The number of rotatable bonds is 7. The van der Waals surface area contributed by atoms with Crippen LogP contribution in [0.3, 0.4) is 0 Å². The van der Waals surface area contributed by atoms with Gasteiger partial charge in [0.25, 0.3) is 0 Å². The monoisotopic (exact) mass is 489 g/mol. The summed E-state index contributed by atoms with van der Waals surface area (Å²) in [6, 6.07) is 6.69. The van der Waals surface area contributed by atoms with Gasteiger partial charge < -0.3 is 36.1 Å². The van der Waals surface area contributed by atoms with Crippen molar-refractivity contribution in [2.24, 2.45) is 24.4 Å². The zero-order valence-corrected chi connectivity index (χ0v) is 19.2. The number of halogens is 2. The maximum atomic E-state index is 13.1. The molecule has 1 aromatic heterocycles. The second-order valence-corrected chi connectivity index (χ2v) is 8.26. The molecule has 1 fully saturated rings. The number of nitrogens with zero attached hydrogens (tertiary/aromatic N) is 2. The summed E-state index contributed by atoms with van der Waals surface area (Å²) in [6.45, 7) is 0.113. The Morgan fingerprint density at radius 1 is 1.34 bits per heavy atom. The molecule has 2 aromatic rings. The lowest BCUT2D eigenvalue weighted by atomic mass is 9.75.